The summed E-state index contributed by atoms with van der Waals surface area (Å²) in [5, 5.41) is 0. The normalized spacial score (nSPS) is 13.3. The quantitative estimate of drug-likeness (QED) is 0.622. The van der Waals surface area contributed by atoms with E-state index in [-0.39, 0.29) is 5.91 Å². The number of ether oxygens (including phenoxy) is 3. The second-order valence-corrected chi connectivity index (χ2v) is 7.86. The molecular formula is C24H31NO4. The first-order valence-electron chi connectivity index (χ1n) is 10.1. The topological polar surface area (TPSA) is 48.0 Å². The minimum absolute atomic E-state index is 0.120. The van der Waals surface area contributed by atoms with Gasteiger partial charge < -0.3 is 19.1 Å². The monoisotopic (exact) mass is 397 g/mol. The molecule has 2 aromatic rings. The molecular weight excluding hydrogens is 366 g/mol. The predicted molar refractivity (Wildman–Crippen MR) is 114 cm³/mol. The molecule has 0 N–H and O–H groups in total. The predicted octanol–water partition coefficient (Wildman–Crippen LogP) is 4.57. The van der Waals surface area contributed by atoms with Gasteiger partial charge in [-0.25, -0.2) is 0 Å². The maximum atomic E-state index is 13.1. The summed E-state index contributed by atoms with van der Waals surface area (Å²) in [6, 6.07) is 12.6. The third kappa shape index (κ3) is 5.03. The van der Waals surface area contributed by atoms with Crippen LogP contribution in [0.1, 0.15) is 49.3 Å². The number of carbonyl (C=O) groups excluding carboxylic acids is 1. The average molecular weight is 398 g/mol. The summed E-state index contributed by atoms with van der Waals surface area (Å²) < 4.78 is 16.2. The van der Waals surface area contributed by atoms with Gasteiger partial charge in [0.15, 0.2) is 11.5 Å². The van der Waals surface area contributed by atoms with Crippen LogP contribution in [0.5, 0.6) is 17.2 Å². The van der Waals surface area contributed by atoms with E-state index in [0.717, 1.165) is 18.4 Å². The van der Waals surface area contributed by atoms with Crippen molar-refractivity contribution in [1.82, 2.24) is 4.90 Å². The van der Waals surface area contributed by atoms with Crippen molar-refractivity contribution < 1.29 is 19.0 Å². The number of carbonyl (C=O) groups is 1. The first-order chi connectivity index (χ1) is 14.0. The zero-order chi connectivity index (χ0) is 21.0. The second kappa shape index (κ2) is 9.21. The van der Waals surface area contributed by atoms with Gasteiger partial charge in [0.25, 0.3) is 0 Å². The van der Waals surface area contributed by atoms with E-state index in [0.29, 0.717) is 42.2 Å². The Balaban J connectivity index is 1.76. The van der Waals surface area contributed by atoms with E-state index in [2.05, 4.69) is 38.1 Å². The summed E-state index contributed by atoms with van der Waals surface area (Å²) >= 11 is 0. The standard InChI is InChI=1S/C24H31NO4/c1-16(2)19-8-6-17(7-9-19)15-25(20-10-11-20)23(26)14-18-12-21(27-3)24(29-5)22(13-18)28-4/h6-9,12-13,16,20H,10-11,14-15H2,1-5H3. The summed E-state index contributed by atoms with van der Waals surface area (Å²) in [4.78, 5) is 15.1. The minimum Gasteiger partial charge on any atom is -0.493 e. The minimum atomic E-state index is 0.120. The van der Waals surface area contributed by atoms with Gasteiger partial charge in [0, 0.05) is 12.6 Å². The summed E-state index contributed by atoms with van der Waals surface area (Å²) in [7, 11) is 4.74. The van der Waals surface area contributed by atoms with Gasteiger partial charge in [0.2, 0.25) is 11.7 Å². The average Bonchev–Trinajstić information content (AvgIpc) is 3.56. The molecule has 0 aliphatic heterocycles. The first kappa shape index (κ1) is 21.0. The lowest BCUT2D eigenvalue weighted by molar-refractivity contribution is -0.131. The van der Waals surface area contributed by atoms with Gasteiger partial charge in [-0.05, 0) is 47.6 Å². The fourth-order valence-electron chi connectivity index (χ4n) is 3.53. The Labute approximate surface area is 173 Å². The molecule has 29 heavy (non-hydrogen) atoms. The van der Waals surface area contributed by atoms with Crippen molar-refractivity contribution in [1.29, 1.82) is 0 Å². The van der Waals surface area contributed by atoms with Crippen LogP contribution in [0.15, 0.2) is 36.4 Å². The van der Waals surface area contributed by atoms with Crippen molar-refractivity contribution in [3.8, 4) is 17.2 Å². The van der Waals surface area contributed by atoms with Gasteiger partial charge in [-0.2, -0.15) is 0 Å². The van der Waals surface area contributed by atoms with Crippen molar-refractivity contribution in [2.45, 2.75) is 51.6 Å². The van der Waals surface area contributed by atoms with Crippen LogP contribution in [-0.4, -0.2) is 38.2 Å². The molecule has 1 amide bonds. The number of methoxy groups -OCH3 is 3. The van der Waals surface area contributed by atoms with Crippen LogP contribution in [0, 0.1) is 0 Å². The summed E-state index contributed by atoms with van der Waals surface area (Å²) in [6.45, 7) is 5.02. The van der Waals surface area contributed by atoms with Gasteiger partial charge in [-0.1, -0.05) is 38.1 Å². The van der Waals surface area contributed by atoms with Crippen LogP contribution in [-0.2, 0) is 17.8 Å². The maximum Gasteiger partial charge on any atom is 0.227 e. The fraction of sp³-hybridized carbons (Fsp3) is 0.458. The van der Waals surface area contributed by atoms with E-state index in [4.69, 9.17) is 14.2 Å². The van der Waals surface area contributed by atoms with Crippen molar-refractivity contribution >= 4 is 5.91 Å². The van der Waals surface area contributed by atoms with E-state index >= 15 is 0 Å². The highest BCUT2D eigenvalue weighted by Crippen LogP contribution is 2.38. The Kier molecular flexibility index (Phi) is 6.68. The molecule has 0 saturated heterocycles. The molecule has 0 heterocycles. The molecule has 0 aromatic heterocycles. The number of nitrogens with zero attached hydrogens (tertiary/aromatic N) is 1. The van der Waals surface area contributed by atoms with E-state index in [1.54, 1.807) is 21.3 Å². The van der Waals surface area contributed by atoms with Crippen LogP contribution >= 0.6 is 0 Å². The lowest BCUT2D eigenvalue weighted by atomic mass is 10.0. The van der Waals surface area contributed by atoms with E-state index < -0.39 is 0 Å². The highest BCUT2D eigenvalue weighted by atomic mass is 16.5. The Bertz CT molecular complexity index is 815. The van der Waals surface area contributed by atoms with Gasteiger partial charge >= 0.3 is 0 Å². The molecule has 1 aliphatic rings. The lowest BCUT2D eigenvalue weighted by Crippen LogP contribution is -2.33. The van der Waals surface area contributed by atoms with E-state index in [1.165, 1.54) is 11.1 Å². The zero-order valence-corrected chi connectivity index (χ0v) is 18.0. The highest BCUT2D eigenvalue weighted by molar-refractivity contribution is 5.80. The third-order valence-corrected chi connectivity index (χ3v) is 5.39. The van der Waals surface area contributed by atoms with Crippen molar-refractivity contribution in [3.05, 3.63) is 53.1 Å². The van der Waals surface area contributed by atoms with Crippen LogP contribution in [0.3, 0.4) is 0 Å². The van der Waals surface area contributed by atoms with E-state index in [1.807, 2.05) is 17.0 Å². The van der Waals surface area contributed by atoms with Crippen molar-refractivity contribution in [2.24, 2.45) is 0 Å². The SMILES string of the molecule is COc1cc(CC(=O)N(Cc2ccc(C(C)C)cc2)C2CC2)cc(OC)c1OC. The first-order valence-corrected chi connectivity index (χ1v) is 10.1. The van der Waals surface area contributed by atoms with Gasteiger partial charge in [0.05, 0.1) is 27.8 Å². The summed E-state index contributed by atoms with van der Waals surface area (Å²) in [5.74, 6) is 2.30. The number of rotatable bonds is 9. The summed E-state index contributed by atoms with van der Waals surface area (Å²) in [5.41, 5.74) is 3.33. The van der Waals surface area contributed by atoms with Gasteiger partial charge in [-0.15, -0.1) is 0 Å². The van der Waals surface area contributed by atoms with Crippen LogP contribution in [0.2, 0.25) is 0 Å². The summed E-state index contributed by atoms with van der Waals surface area (Å²) in [6.07, 6.45) is 2.45. The Hall–Kier alpha value is -2.69. The smallest absolute Gasteiger partial charge is 0.227 e. The van der Waals surface area contributed by atoms with Crippen molar-refractivity contribution in [3.63, 3.8) is 0 Å². The molecule has 0 atom stereocenters. The van der Waals surface area contributed by atoms with Crippen LogP contribution in [0.25, 0.3) is 0 Å². The molecule has 0 bridgehead atoms. The molecule has 1 fully saturated rings. The molecule has 5 nitrogen and oxygen atoms in total. The zero-order valence-electron chi connectivity index (χ0n) is 18.0. The molecule has 0 spiro atoms. The number of amides is 1. The highest BCUT2D eigenvalue weighted by Gasteiger charge is 2.32. The third-order valence-electron chi connectivity index (χ3n) is 5.39. The molecule has 1 aliphatic carbocycles. The number of hydrogen-bond donors (Lipinski definition) is 0. The lowest BCUT2D eigenvalue weighted by Gasteiger charge is -2.23. The van der Waals surface area contributed by atoms with Gasteiger partial charge in [-0.3, -0.25) is 4.79 Å². The molecule has 2 aromatic carbocycles. The maximum absolute atomic E-state index is 13.1. The Morgan fingerprint density at radius 2 is 1.55 bits per heavy atom. The molecule has 0 radical (unpaired) electrons. The Morgan fingerprint density at radius 1 is 0.966 bits per heavy atom. The molecule has 3 rings (SSSR count). The molecule has 1 saturated carbocycles. The molecule has 5 heteroatoms. The second-order valence-electron chi connectivity index (χ2n) is 7.86. The molecule has 156 valence electrons. The number of hydrogen-bond acceptors (Lipinski definition) is 4. The fourth-order valence-corrected chi connectivity index (χ4v) is 3.53. The van der Waals surface area contributed by atoms with Crippen molar-refractivity contribution in [2.75, 3.05) is 21.3 Å². The van der Waals surface area contributed by atoms with E-state index in [9.17, 15) is 4.79 Å². The van der Waals surface area contributed by atoms with Crippen LogP contribution in [0.4, 0.5) is 0 Å². The largest absolute Gasteiger partial charge is 0.493 e. The van der Waals surface area contributed by atoms with Crippen LogP contribution < -0.4 is 14.2 Å². The number of benzene rings is 2. The Morgan fingerprint density at radius 3 is 2.00 bits per heavy atom. The van der Waals surface area contributed by atoms with Gasteiger partial charge in [0.1, 0.15) is 0 Å². The molecule has 0 unspecified atom stereocenters.